The summed E-state index contributed by atoms with van der Waals surface area (Å²) in [4.78, 5) is 14.3. The molecule has 2 fully saturated rings. The van der Waals surface area contributed by atoms with Crippen molar-refractivity contribution >= 4 is 5.91 Å². The van der Waals surface area contributed by atoms with E-state index < -0.39 is 0 Å². The van der Waals surface area contributed by atoms with Crippen molar-refractivity contribution in [1.82, 2.24) is 15.5 Å². The Morgan fingerprint density at radius 2 is 2.29 bits per heavy atom. The van der Waals surface area contributed by atoms with Gasteiger partial charge in [-0.15, -0.1) is 0 Å². The molecule has 2 unspecified atom stereocenters. The minimum atomic E-state index is 0.103. The number of carbonyl (C=O) groups excluding carboxylic acids is 1. The zero-order valence-electron chi connectivity index (χ0n) is 11.1. The highest BCUT2D eigenvalue weighted by Gasteiger charge is 2.36. The van der Waals surface area contributed by atoms with Crippen LogP contribution < -0.4 is 10.6 Å². The first-order chi connectivity index (χ1) is 8.14. The Labute approximate surface area is 104 Å². The maximum absolute atomic E-state index is 11.9. The number of nitrogens with one attached hydrogen (secondary N) is 2. The zero-order valence-corrected chi connectivity index (χ0v) is 11.1. The third-order valence-electron chi connectivity index (χ3n) is 4.05. The fraction of sp³-hybridized carbons (Fsp3) is 0.923. The predicted octanol–water partition coefficient (Wildman–Crippen LogP) is 0.587. The summed E-state index contributed by atoms with van der Waals surface area (Å²) in [5.41, 5.74) is 0.351. The van der Waals surface area contributed by atoms with Crippen LogP contribution in [0, 0.1) is 5.41 Å². The molecule has 2 aliphatic rings. The molecule has 0 spiro atoms. The summed E-state index contributed by atoms with van der Waals surface area (Å²) in [7, 11) is 0. The van der Waals surface area contributed by atoms with Gasteiger partial charge in [0.25, 0.3) is 0 Å². The number of hydrogen-bond donors (Lipinski definition) is 2. The van der Waals surface area contributed by atoms with Crippen LogP contribution in [0.5, 0.6) is 0 Å². The van der Waals surface area contributed by atoms with Crippen LogP contribution in [0.25, 0.3) is 0 Å². The van der Waals surface area contributed by atoms with Crippen LogP contribution in [0.4, 0.5) is 0 Å². The molecule has 2 saturated heterocycles. The second-order valence-corrected chi connectivity index (χ2v) is 5.80. The molecule has 0 aliphatic carbocycles. The van der Waals surface area contributed by atoms with Gasteiger partial charge >= 0.3 is 0 Å². The monoisotopic (exact) mass is 239 g/mol. The summed E-state index contributed by atoms with van der Waals surface area (Å²) in [5, 5.41) is 6.42. The first-order valence-corrected chi connectivity index (χ1v) is 6.87. The molecule has 98 valence electrons. The van der Waals surface area contributed by atoms with Crippen molar-refractivity contribution in [3.63, 3.8) is 0 Å². The summed E-state index contributed by atoms with van der Waals surface area (Å²) in [6.07, 6.45) is 3.28. The van der Waals surface area contributed by atoms with Crippen LogP contribution in [0.3, 0.4) is 0 Å². The van der Waals surface area contributed by atoms with Gasteiger partial charge in [0, 0.05) is 26.2 Å². The number of hydrogen-bond acceptors (Lipinski definition) is 3. The fourth-order valence-electron chi connectivity index (χ4n) is 3.03. The molecule has 2 aliphatic heterocycles. The first-order valence-electron chi connectivity index (χ1n) is 6.87. The van der Waals surface area contributed by atoms with Crippen molar-refractivity contribution in [2.24, 2.45) is 5.41 Å². The summed E-state index contributed by atoms with van der Waals surface area (Å²) in [6.45, 7) is 9.56. The lowest BCUT2D eigenvalue weighted by molar-refractivity contribution is -0.130. The lowest BCUT2D eigenvalue weighted by atomic mass is 9.88. The predicted molar refractivity (Wildman–Crippen MR) is 68.9 cm³/mol. The number of nitrogens with zero attached hydrogens (tertiary/aromatic N) is 1. The van der Waals surface area contributed by atoms with E-state index in [9.17, 15) is 4.79 Å². The number of amides is 1. The van der Waals surface area contributed by atoms with Gasteiger partial charge in [-0.3, -0.25) is 9.69 Å². The Morgan fingerprint density at radius 3 is 2.94 bits per heavy atom. The Kier molecular flexibility index (Phi) is 4.05. The Bertz CT molecular complexity index is 274. The summed E-state index contributed by atoms with van der Waals surface area (Å²) >= 11 is 0. The summed E-state index contributed by atoms with van der Waals surface area (Å²) in [5.74, 6) is 0.229. The maximum Gasteiger partial charge on any atom is 0.237 e. The van der Waals surface area contributed by atoms with E-state index in [0.717, 1.165) is 45.6 Å². The second-order valence-electron chi connectivity index (χ2n) is 5.80. The van der Waals surface area contributed by atoms with Crippen molar-refractivity contribution in [2.45, 2.75) is 39.2 Å². The normalized spacial score (nSPS) is 34.9. The minimum absolute atomic E-state index is 0.103. The van der Waals surface area contributed by atoms with Crippen LogP contribution in [0.2, 0.25) is 0 Å². The molecule has 0 bridgehead atoms. The lowest BCUT2D eigenvalue weighted by Crippen LogP contribution is -2.57. The van der Waals surface area contributed by atoms with Gasteiger partial charge < -0.3 is 10.6 Å². The van der Waals surface area contributed by atoms with E-state index in [2.05, 4.69) is 29.4 Å². The van der Waals surface area contributed by atoms with Gasteiger partial charge in [-0.2, -0.15) is 0 Å². The molecule has 0 saturated carbocycles. The number of piperazine rings is 1. The molecule has 4 nitrogen and oxygen atoms in total. The van der Waals surface area contributed by atoms with Gasteiger partial charge in [0.1, 0.15) is 0 Å². The average Bonchev–Trinajstić information content (AvgIpc) is 2.70. The van der Waals surface area contributed by atoms with Crippen LogP contribution in [-0.4, -0.2) is 49.6 Å². The van der Waals surface area contributed by atoms with E-state index in [1.165, 1.54) is 6.42 Å². The third-order valence-corrected chi connectivity index (χ3v) is 4.05. The van der Waals surface area contributed by atoms with E-state index in [1.807, 2.05) is 0 Å². The fourth-order valence-corrected chi connectivity index (χ4v) is 3.03. The Morgan fingerprint density at radius 1 is 1.47 bits per heavy atom. The van der Waals surface area contributed by atoms with Crippen molar-refractivity contribution in [2.75, 3.05) is 32.7 Å². The average molecular weight is 239 g/mol. The maximum atomic E-state index is 11.9. The molecule has 0 aromatic carbocycles. The van der Waals surface area contributed by atoms with E-state index in [4.69, 9.17) is 0 Å². The quantitative estimate of drug-likeness (QED) is 0.754. The van der Waals surface area contributed by atoms with Crippen LogP contribution in [0.15, 0.2) is 0 Å². The zero-order chi connectivity index (χ0) is 12.3. The molecule has 0 radical (unpaired) electrons. The highest BCUT2D eigenvalue weighted by atomic mass is 16.2. The molecular formula is C13H25N3O. The highest BCUT2D eigenvalue weighted by molar-refractivity contribution is 5.82. The molecule has 2 N–H and O–H groups in total. The SMILES string of the molecule is CCCC1C(=O)NCCN1CC1(C)CCNC1. The second kappa shape index (κ2) is 5.36. The molecule has 2 atom stereocenters. The lowest BCUT2D eigenvalue weighted by Gasteiger charge is -2.39. The van der Waals surface area contributed by atoms with E-state index in [-0.39, 0.29) is 11.9 Å². The van der Waals surface area contributed by atoms with Crippen molar-refractivity contribution in [3.8, 4) is 0 Å². The van der Waals surface area contributed by atoms with Gasteiger partial charge in [0.15, 0.2) is 0 Å². The van der Waals surface area contributed by atoms with Crippen LogP contribution >= 0.6 is 0 Å². The van der Waals surface area contributed by atoms with Crippen molar-refractivity contribution in [1.29, 1.82) is 0 Å². The van der Waals surface area contributed by atoms with Gasteiger partial charge in [0.2, 0.25) is 5.91 Å². The molecule has 0 aromatic heterocycles. The molecular weight excluding hydrogens is 214 g/mol. The number of carbonyl (C=O) groups is 1. The number of rotatable bonds is 4. The third kappa shape index (κ3) is 2.99. The molecule has 0 aromatic rings. The van der Waals surface area contributed by atoms with Crippen molar-refractivity contribution in [3.05, 3.63) is 0 Å². The smallest absolute Gasteiger partial charge is 0.237 e. The van der Waals surface area contributed by atoms with Crippen LogP contribution in [0.1, 0.15) is 33.1 Å². The Hall–Kier alpha value is -0.610. The molecule has 2 heterocycles. The van der Waals surface area contributed by atoms with E-state index in [0.29, 0.717) is 5.41 Å². The summed E-state index contributed by atoms with van der Waals surface area (Å²) < 4.78 is 0. The Balaban J connectivity index is 1.98. The van der Waals surface area contributed by atoms with Gasteiger partial charge in [0.05, 0.1) is 6.04 Å². The topological polar surface area (TPSA) is 44.4 Å². The molecule has 17 heavy (non-hydrogen) atoms. The van der Waals surface area contributed by atoms with Crippen molar-refractivity contribution < 1.29 is 4.79 Å². The van der Waals surface area contributed by atoms with E-state index in [1.54, 1.807) is 0 Å². The standard InChI is InChI=1S/C13H25N3O/c1-3-4-11-12(17)15-7-8-16(11)10-13(2)5-6-14-9-13/h11,14H,3-10H2,1-2H3,(H,15,17). The van der Waals surface area contributed by atoms with Gasteiger partial charge in [-0.25, -0.2) is 0 Å². The summed E-state index contributed by atoms with van der Waals surface area (Å²) in [6, 6.07) is 0.103. The first kappa shape index (κ1) is 12.8. The molecule has 2 rings (SSSR count). The van der Waals surface area contributed by atoms with Gasteiger partial charge in [-0.05, 0) is 24.8 Å². The van der Waals surface area contributed by atoms with Crippen LogP contribution in [-0.2, 0) is 4.79 Å². The molecule has 1 amide bonds. The van der Waals surface area contributed by atoms with E-state index >= 15 is 0 Å². The minimum Gasteiger partial charge on any atom is -0.353 e. The largest absolute Gasteiger partial charge is 0.353 e. The molecule has 4 heteroatoms. The highest BCUT2D eigenvalue weighted by Crippen LogP contribution is 2.27. The van der Waals surface area contributed by atoms with Gasteiger partial charge in [-0.1, -0.05) is 20.3 Å².